The van der Waals surface area contributed by atoms with E-state index >= 15 is 0 Å². The van der Waals surface area contributed by atoms with Crippen molar-refractivity contribution in [1.82, 2.24) is 0 Å². The molecule has 0 unspecified atom stereocenters. The number of ether oxygens (including phenoxy) is 1. The number of nitrogens with zero attached hydrogens (tertiary/aromatic N) is 1. The molecule has 0 spiro atoms. The van der Waals surface area contributed by atoms with Crippen LogP contribution in [0.2, 0.25) is 0 Å². The van der Waals surface area contributed by atoms with E-state index in [1.807, 2.05) is 0 Å². The summed E-state index contributed by atoms with van der Waals surface area (Å²) in [6.07, 6.45) is 0. The van der Waals surface area contributed by atoms with Gasteiger partial charge in [-0.3, -0.25) is 14.9 Å². The number of amides is 1. The molecule has 9 heteroatoms. The summed E-state index contributed by atoms with van der Waals surface area (Å²) in [6, 6.07) is 8.04. The maximum atomic E-state index is 12.3. The van der Waals surface area contributed by atoms with Crippen molar-refractivity contribution in [3.8, 4) is 5.75 Å². The lowest BCUT2D eigenvalue weighted by atomic mass is 10.1. The summed E-state index contributed by atoms with van der Waals surface area (Å²) >= 11 is 3.15. The fourth-order valence-corrected chi connectivity index (χ4v) is 2.33. The van der Waals surface area contributed by atoms with E-state index in [1.54, 1.807) is 6.07 Å². The maximum Gasteiger partial charge on any atom is 0.337 e. The highest BCUT2D eigenvalue weighted by Crippen LogP contribution is 2.28. The third-order valence-corrected chi connectivity index (χ3v) is 3.59. The lowest BCUT2D eigenvalue weighted by Crippen LogP contribution is -2.15. The number of hydrogen-bond donors (Lipinski definition) is 2. The average molecular weight is 395 g/mol. The van der Waals surface area contributed by atoms with Crippen LogP contribution in [0.5, 0.6) is 5.75 Å². The molecule has 0 heterocycles. The molecule has 0 bridgehead atoms. The number of carbonyl (C=O) groups excluding carboxylic acids is 1. The van der Waals surface area contributed by atoms with Gasteiger partial charge in [-0.15, -0.1) is 0 Å². The Labute approximate surface area is 144 Å². The number of methoxy groups -OCH3 is 1. The molecule has 0 radical (unpaired) electrons. The molecule has 2 rings (SSSR count). The van der Waals surface area contributed by atoms with Crippen LogP contribution in [-0.2, 0) is 0 Å². The van der Waals surface area contributed by atoms with E-state index in [1.165, 1.54) is 31.4 Å². The second kappa shape index (κ2) is 7.09. The zero-order valence-electron chi connectivity index (χ0n) is 12.3. The first kappa shape index (κ1) is 17.4. The van der Waals surface area contributed by atoms with Gasteiger partial charge in [-0.05, 0) is 30.3 Å². The lowest BCUT2D eigenvalue weighted by molar-refractivity contribution is -0.385. The van der Waals surface area contributed by atoms with Gasteiger partial charge in [0.1, 0.15) is 0 Å². The first-order valence-electron chi connectivity index (χ1n) is 6.50. The minimum atomic E-state index is -1.22. The minimum absolute atomic E-state index is 0.00163. The van der Waals surface area contributed by atoms with Crippen LogP contribution in [0, 0.1) is 10.1 Å². The van der Waals surface area contributed by atoms with Crippen LogP contribution >= 0.6 is 15.9 Å². The van der Waals surface area contributed by atoms with Gasteiger partial charge in [-0.2, -0.15) is 0 Å². The van der Waals surface area contributed by atoms with Crippen LogP contribution in [0.1, 0.15) is 20.7 Å². The Morgan fingerprint density at radius 1 is 1.25 bits per heavy atom. The number of nitrogens with one attached hydrogen (secondary N) is 1. The highest BCUT2D eigenvalue weighted by molar-refractivity contribution is 9.10. The van der Waals surface area contributed by atoms with Gasteiger partial charge in [0, 0.05) is 16.1 Å². The number of nitro benzene ring substituents is 1. The zero-order valence-corrected chi connectivity index (χ0v) is 13.9. The van der Waals surface area contributed by atoms with Crippen molar-refractivity contribution >= 4 is 39.2 Å². The fraction of sp³-hybridized carbons (Fsp3) is 0.0667. The van der Waals surface area contributed by atoms with Gasteiger partial charge in [-0.25, -0.2) is 4.79 Å². The van der Waals surface area contributed by atoms with Crippen LogP contribution in [0.15, 0.2) is 40.9 Å². The summed E-state index contributed by atoms with van der Waals surface area (Å²) < 4.78 is 5.41. The smallest absolute Gasteiger partial charge is 0.337 e. The molecule has 1 amide bonds. The van der Waals surface area contributed by atoms with E-state index in [0.29, 0.717) is 4.47 Å². The molecule has 0 saturated carbocycles. The molecule has 0 atom stereocenters. The molecular formula is C15H11BrN2O6. The molecule has 0 aliphatic rings. The molecule has 2 aromatic carbocycles. The van der Waals surface area contributed by atoms with Crippen LogP contribution < -0.4 is 10.1 Å². The van der Waals surface area contributed by atoms with E-state index in [4.69, 9.17) is 4.74 Å². The van der Waals surface area contributed by atoms with Crippen molar-refractivity contribution in [2.75, 3.05) is 12.4 Å². The number of benzene rings is 2. The molecule has 124 valence electrons. The van der Waals surface area contributed by atoms with Gasteiger partial charge in [-0.1, -0.05) is 15.9 Å². The summed E-state index contributed by atoms with van der Waals surface area (Å²) in [5.41, 5.74) is -0.393. The first-order valence-corrected chi connectivity index (χ1v) is 7.29. The Kier molecular flexibility index (Phi) is 5.14. The first-order chi connectivity index (χ1) is 11.3. The molecular weight excluding hydrogens is 384 g/mol. The number of nitro groups is 1. The van der Waals surface area contributed by atoms with Gasteiger partial charge < -0.3 is 15.2 Å². The topological polar surface area (TPSA) is 119 Å². The Morgan fingerprint density at radius 2 is 1.96 bits per heavy atom. The quantitative estimate of drug-likeness (QED) is 0.592. The van der Waals surface area contributed by atoms with Crippen molar-refractivity contribution in [2.45, 2.75) is 0 Å². The number of halogens is 1. The second-order valence-corrected chi connectivity index (χ2v) is 5.51. The van der Waals surface area contributed by atoms with Gasteiger partial charge in [0.2, 0.25) is 0 Å². The number of carboxylic acid groups (broad SMARTS) is 1. The summed E-state index contributed by atoms with van der Waals surface area (Å²) in [5.74, 6) is -1.87. The SMILES string of the molecule is COc1ccc(C(=O)Nc2ccc(Br)cc2C(=O)O)cc1[N+](=O)[O-]. The standard InChI is InChI=1S/C15H11BrN2O6/c1-24-13-5-2-8(6-12(13)18(22)23)14(19)17-11-4-3-9(16)7-10(11)15(20)21/h2-7H,1H3,(H,17,19)(H,20,21). The van der Waals surface area contributed by atoms with Gasteiger partial charge >= 0.3 is 11.7 Å². The van der Waals surface area contributed by atoms with E-state index < -0.39 is 16.8 Å². The van der Waals surface area contributed by atoms with Crippen LogP contribution in [0.3, 0.4) is 0 Å². The molecule has 0 saturated heterocycles. The molecule has 24 heavy (non-hydrogen) atoms. The predicted octanol–water partition coefficient (Wildman–Crippen LogP) is 3.32. The minimum Gasteiger partial charge on any atom is -0.490 e. The monoisotopic (exact) mass is 394 g/mol. The zero-order chi connectivity index (χ0) is 17.9. The van der Waals surface area contributed by atoms with E-state index in [2.05, 4.69) is 21.2 Å². The normalized spacial score (nSPS) is 10.1. The Hall–Kier alpha value is -2.94. The van der Waals surface area contributed by atoms with E-state index in [0.717, 1.165) is 6.07 Å². The molecule has 0 fully saturated rings. The van der Waals surface area contributed by atoms with Crippen molar-refractivity contribution < 1.29 is 24.4 Å². The largest absolute Gasteiger partial charge is 0.490 e. The van der Waals surface area contributed by atoms with Crippen molar-refractivity contribution in [1.29, 1.82) is 0 Å². The Bertz CT molecular complexity index is 837. The summed E-state index contributed by atoms with van der Waals surface area (Å²) in [4.78, 5) is 33.8. The Balaban J connectivity index is 2.36. The molecule has 8 nitrogen and oxygen atoms in total. The number of hydrogen-bond acceptors (Lipinski definition) is 5. The predicted molar refractivity (Wildman–Crippen MR) is 88.7 cm³/mol. The third-order valence-electron chi connectivity index (χ3n) is 3.10. The van der Waals surface area contributed by atoms with Crippen molar-refractivity contribution in [3.63, 3.8) is 0 Å². The van der Waals surface area contributed by atoms with E-state index in [9.17, 15) is 24.8 Å². The van der Waals surface area contributed by atoms with Crippen LogP contribution in [-0.4, -0.2) is 29.0 Å². The molecule has 0 aliphatic heterocycles. The molecule has 0 aromatic heterocycles. The van der Waals surface area contributed by atoms with Gasteiger partial charge in [0.05, 0.1) is 23.3 Å². The maximum absolute atomic E-state index is 12.3. The lowest BCUT2D eigenvalue weighted by Gasteiger charge is -2.09. The summed E-state index contributed by atoms with van der Waals surface area (Å²) in [6.45, 7) is 0. The number of carbonyl (C=O) groups is 2. The van der Waals surface area contributed by atoms with E-state index in [-0.39, 0.29) is 28.3 Å². The van der Waals surface area contributed by atoms with Gasteiger partial charge in [0.25, 0.3) is 5.91 Å². The second-order valence-electron chi connectivity index (χ2n) is 4.59. The molecule has 2 aromatic rings. The van der Waals surface area contributed by atoms with Crippen molar-refractivity contribution in [3.05, 3.63) is 62.1 Å². The van der Waals surface area contributed by atoms with Crippen LogP contribution in [0.25, 0.3) is 0 Å². The average Bonchev–Trinajstić information content (AvgIpc) is 2.55. The number of rotatable bonds is 5. The molecule has 0 aliphatic carbocycles. The van der Waals surface area contributed by atoms with Crippen LogP contribution in [0.4, 0.5) is 11.4 Å². The third kappa shape index (κ3) is 3.69. The fourth-order valence-electron chi connectivity index (χ4n) is 1.97. The molecule has 2 N–H and O–H groups in total. The number of anilines is 1. The highest BCUT2D eigenvalue weighted by atomic mass is 79.9. The number of aromatic carboxylic acids is 1. The Morgan fingerprint density at radius 3 is 2.54 bits per heavy atom. The highest BCUT2D eigenvalue weighted by Gasteiger charge is 2.19. The van der Waals surface area contributed by atoms with Gasteiger partial charge in [0.15, 0.2) is 5.75 Å². The summed E-state index contributed by atoms with van der Waals surface area (Å²) in [5, 5.41) is 22.6. The number of carboxylic acids is 1. The van der Waals surface area contributed by atoms with Crippen molar-refractivity contribution in [2.24, 2.45) is 0 Å². The summed E-state index contributed by atoms with van der Waals surface area (Å²) in [7, 11) is 1.28.